The summed E-state index contributed by atoms with van der Waals surface area (Å²) in [5, 5.41) is 1.86. The number of benzene rings is 2. The average molecular weight is 519 g/mol. The van der Waals surface area contributed by atoms with Crippen LogP contribution in [0, 0.1) is 5.92 Å². The standard InChI is InChI=1S/C30H38N4O4/c1-20(16-27(35)37-25-10-6-8-23-29(25)21(18-31-23)12-14-33(2)3)17-28(36)38-26-11-7-9-24-30(26)22(19-32-24)13-15-34(4)5/h6-11,18-20,31-32H,12-17H2,1-5H3. The summed E-state index contributed by atoms with van der Waals surface area (Å²) >= 11 is 0. The Labute approximate surface area is 223 Å². The zero-order valence-corrected chi connectivity index (χ0v) is 23.0. The first-order valence-corrected chi connectivity index (χ1v) is 13.1. The number of aromatic nitrogens is 2. The highest BCUT2D eigenvalue weighted by Gasteiger charge is 2.20. The molecule has 0 aliphatic heterocycles. The fraction of sp³-hybridized carbons (Fsp3) is 0.400. The van der Waals surface area contributed by atoms with Gasteiger partial charge in [-0.15, -0.1) is 0 Å². The molecular weight excluding hydrogens is 480 g/mol. The molecule has 0 spiro atoms. The van der Waals surface area contributed by atoms with Crippen LogP contribution in [0.2, 0.25) is 0 Å². The number of hydrogen-bond donors (Lipinski definition) is 2. The smallest absolute Gasteiger partial charge is 0.311 e. The van der Waals surface area contributed by atoms with E-state index in [1.807, 2.05) is 83.9 Å². The molecule has 8 nitrogen and oxygen atoms in total. The van der Waals surface area contributed by atoms with Crippen LogP contribution in [0.3, 0.4) is 0 Å². The number of H-pyrrole nitrogens is 2. The predicted molar refractivity (Wildman–Crippen MR) is 151 cm³/mol. The van der Waals surface area contributed by atoms with Crippen molar-refractivity contribution >= 4 is 33.7 Å². The Hall–Kier alpha value is -3.62. The molecule has 2 N–H and O–H groups in total. The van der Waals surface area contributed by atoms with Gasteiger partial charge in [-0.25, -0.2) is 0 Å². The minimum absolute atomic E-state index is 0.116. The number of carbonyl (C=O) groups excluding carboxylic acids is 2. The number of hydrogen-bond acceptors (Lipinski definition) is 6. The number of likely N-dealkylation sites (N-methyl/N-ethyl adjacent to an activating group) is 2. The molecule has 2 aromatic heterocycles. The van der Waals surface area contributed by atoms with Gasteiger partial charge in [-0.05, 0) is 82.3 Å². The molecule has 0 aliphatic rings. The first-order valence-electron chi connectivity index (χ1n) is 13.1. The summed E-state index contributed by atoms with van der Waals surface area (Å²) < 4.78 is 11.6. The lowest BCUT2D eigenvalue weighted by atomic mass is 10.0. The lowest BCUT2D eigenvalue weighted by Gasteiger charge is -2.13. The van der Waals surface area contributed by atoms with Crippen molar-refractivity contribution in [2.75, 3.05) is 41.3 Å². The van der Waals surface area contributed by atoms with Crippen LogP contribution < -0.4 is 9.47 Å². The Morgan fingerprint density at radius 2 is 1.16 bits per heavy atom. The number of nitrogens with zero attached hydrogens (tertiary/aromatic N) is 2. The van der Waals surface area contributed by atoms with Gasteiger partial charge in [0.25, 0.3) is 0 Å². The Kier molecular flexibility index (Phi) is 8.86. The molecule has 0 saturated carbocycles. The molecule has 2 aromatic carbocycles. The SMILES string of the molecule is CC(CC(=O)Oc1cccc2[nH]cc(CCN(C)C)c12)CC(=O)Oc1cccc2[nH]cc(CCN(C)C)c12. The van der Waals surface area contributed by atoms with Crippen LogP contribution in [-0.2, 0) is 22.4 Å². The van der Waals surface area contributed by atoms with Crippen molar-refractivity contribution in [3.8, 4) is 11.5 Å². The van der Waals surface area contributed by atoms with Crippen molar-refractivity contribution in [1.82, 2.24) is 19.8 Å². The van der Waals surface area contributed by atoms with Crippen LogP contribution in [0.5, 0.6) is 11.5 Å². The van der Waals surface area contributed by atoms with E-state index in [0.29, 0.717) is 11.5 Å². The second-order valence-electron chi connectivity index (χ2n) is 10.6. The quantitative estimate of drug-likeness (QED) is 0.207. The molecule has 0 bridgehead atoms. The van der Waals surface area contributed by atoms with Gasteiger partial charge >= 0.3 is 11.9 Å². The minimum atomic E-state index is -0.365. The highest BCUT2D eigenvalue weighted by molar-refractivity contribution is 5.92. The van der Waals surface area contributed by atoms with E-state index in [2.05, 4.69) is 19.8 Å². The molecule has 0 radical (unpaired) electrons. The zero-order valence-electron chi connectivity index (χ0n) is 23.0. The van der Waals surface area contributed by atoms with Crippen molar-refractivity contribution in [3.05, 3.63) is 59.9 Å². The van der Waals surface area contributed by atoms with Crippen molar-refractivity contribution in [1.29, 1.82) is 0 Å². The van der Waals surface area contributed by atoms with E-state index in [1.165, 1.54) is 0 Å². The van der Waals surface area contributed by atoms with Crippen molar-refractivity contribution in [2.24, 2.45) is 5.92 Å². The van der Waals surface area contributed by atoms with Gasteiger partial charge in [0.15, 0.2) is 0 Å². The van der Waals surface area contributed by atoms with Crippen LogP contribution in [0.15, 0.2) is 48.8 Å². The largest absolute Gasteiger partial charge is 0.426 e. The van der Waals surface area contributed by atoms with Gasteiger partial charge in [0.2, 0.25) is 0 Å². The molecule has 2 heterocycles. The third-order valence-corrected chi connectivity index (χ3v) is 6.63. The molecule has 0 fully saturated rings. The van der Waals surface area contributed by atoms with Gasteiger partial charge < -0.3 is 29.2 Å². The molecule has 8 heteroatoms. The summed E-state index contributed by atoms with van der Waals surface area (Å²) in [6, 6.07) is 11.3. The van der Waals surface area contributed by atoms with Gasteiger partial charge in [0.1, 0.15) is 11.5 Å². The molecule has 202 valence electrons. The van der Waals surface area contributed by atoms with Crippen molar-refractivity contribution < 1.29 is 19.1 Å². The second kappa shape index (κ2) is 12.3. The van der Waals surface area contributed by atoms with Gasteiger partial charge in [-0.3, -0.25) is 9.59 Å². The molecule has 0 aliphatic carbocycles. The highest BCUT2D eigenvalue weighted by Crippen LogP contribution is 2.31. The first-order chi connectivity index (χ1) is 18.2. The molecular formula is C30H38N4O4. The summed E-state index contributed by atoms with van der Waals surface area (Å²) in [5.41, 5.74) is 4.09. The van der Waals surface area contributed by atoms with E-state index in [4.69, 9.17) is 9.47 Å². The van der Waals surface area contributed by atoms with Crippen LogP contribution in [0.25, 0.3) is 21.8 Å². The third kappa shape index (κ3) is 6.82. The normalized spacial score (nSPS) is 11.8. The Bertz CT molecular complexity index is 1300. The van der Waals surface area contributed by atoms with E-state index in [9.17, 15) is 9.59 Å². The molecule has 4 aromatic rings. The number of rotatable bonds is 12. The monoisotopic (exact) mass is 518 g/mol. The van der Waals surface area contributed by atoms with Crippen LogP contribution in [0.1, 0.15) is 30.9 Å². The van der Waals surface area contributed by atoms with Gasteiger partial charge in [-0.1, -0.05) is 19.1 Å². The minimum Gasteiger partial charge on any atom is -0.426 e. The summed E-state index contributed by atoms with van der Waals surface area (Å²) in [5.74, 6) is 0.128. The fourth-order valence-corrected chi connectivity index (χ4v) is 4.66. The number of carbonyl (C=O) groups is 2. The lowest BCUT2D eigenvalue weighted by molar-refractivity contribution is -0.137. The number of ether oxygens (including phenoxy) is 2. The van der Waals surface area contributed by atoms with Gasteiger partial charge in [-0.2, -0.15) is 0 Å². The Morgan fingerprint density at radius 3 is 1.55 bits per heavy atom. The van der Waals surface area contributed by atoms with E-state index in [0.717, 1.165) is 58.9 Å². The Morgan fingerprint density at radius 1 is 0.737 bits per heavy atom. The maximum absolute atomic E-state index is 12.8. The fourth-order valence-electron chi connectivity index (χ4n) is 4.66. The molecule has 38 heavy (non-hydrogen) atoms. The summed E-state index contributed by atoms with van der Waals surface area (Å²) in [6.45, 7) is 3.64. The molecule has 4 rings (SSSR count). The lowest BCUT2D eigenvalue weighted by Crippen LogP contribution is -2.18. The van der Waals surface area contributed by atoms with Gasteiger partial charge in [0.05, 0.1) is 0 Å². The highest BCUT2D eigenvalue weighted by atomic mass is 16.5. The first kappa shape index (κ1) is 27.4. The summed E-state index contributed by atoms with van der Waals surface area (Å²) in [7, 11) is 8.13. The molecule has 0 unspecified atom stereocenters. The van der Waals surface area contributed by atoms with E-state index < -0.39 is 0 Å². The number of esters is 2. The summed E-state index contributed by atoms with van der Waals surface area (Å²) in [4.78, 5) is 36.4. The molecule has 0 saturated heterocycles. The maximum Gasteiger partial charge on any atom is 0.311 e. The maximum atomic E-state index is 12.8. The molecule has 0 amide bonds. The van der Waals surface area contributed by atoms with E-state index in [-0.39, 0.29) is 30.7 Å². The third-order valence-electron chi connectivity index (χ3n) is 6.63. The predicted octanol–water partition coefficient (Wildman–Crippen LogP) is 4.78. The van der Waals surface area contributed by atoms with E-state index in [1.54, 1.807) is 0 Å². The topological polar surface area (TPSA) is 90.7 Å². The van der Waals surface area contributed by atoms with Crippen LogP contribution in [-0.4, -0.2) is 73.0 Å². The van der Waals surface area contributed by atoms with Gasteiger partial charge in [0, 0.05) is 60.1 Å². The van der Waals surface area contributed by atoms with Crippen molar-refractivity contribution in [2.45, 2.75) is 32.6 Å². The number of fused-ring (bicyclic) bond motifs is 2. The zero-order chi connectivity index (χ0) is 27.2. The summed E-state index contributed by atoms with van der Waals surface area (Å²) in [6.07, 6.45) is 5.86. The molecule has 0 atom stereocenters. The van der Waals surface area contributed by atoms with Crippen molar-refractivity contribution in [3.63, 3.8) is 0 Å². The number of nitrogens with one attached hydrogen (secondary N) is 2. The van der Waals surface area contributed by atoms with Crippen LogP contribution >= 0.6 is 0 Å². The Balaban J connectivity index is 1.37. The average Bonchev–Trinajstić information content (AvgIpc) is 3.46. The van der Waals surface area contributed by atoms with Crippen LogP contribution in [0.4, 0.5) is 0 Å². The number of aromatic amines is 2. The van der Waals surface area contributed by atoms with E-state index >= 15 is 0 Å². The second-order valence-corrected chi connectivity index (χ2v) is 10.6.